The number of furan rings is 1. The van der Waals surface area contributed by atoms with Crippen LogP contribution in [0.3, 0.4) is 0 Å². The fourth-order valence-corrected chi connectivity index (χ4v) is 8.67. The van der Waals surface area contributed by atoms with Crippen LogP contribution in [0.1, 0.15) is 26.3 Å². The average molecular weight is 657 g/mol. The largest absolute Gasteiger partial charge is 0.466 e. The molecule has 3 aliphatic heterocycles. The topological polar surface area (TPSA) is 28.9 Å². The minimum absolute atomic E-state index is 0.0180. The zero-order valence-electron chi connectivity index (χ0n) is 28.6. The lowest BCUT2D eigenvalue weighted by Gasteiger charge is -2.46. The van der Waals surface area contributed by atoms with Gasteiger partial charge in [-0.1, -0.05) is 118 Å². The van der Waals surface area contributed by atoms with Crippen molar-refractivity contribution in [3.05, 3.63) is 151 Å². The highest BCUT2D eigenvalue weighted by atomic mass is 16.5. The van der Waals surface area contributed by atoms with E-state index in [0.29, 0.717) is 0 Å². The van der Waals surface area contributed by atoms with Crippen LogP contribution in [-0.4, -0.2) is 6.85 Å². The van der Waals surface area contributed by atoms with E-state index in [2.05, 4.69) is 170 Å². The minimum atomic E-state index is -0.231. The van der Waals surface area contributed by atoms with Gasteiger partial charge in [0.15, 0.2) is 5.75 Å². The maximum absolute atomic E-state index is 7.13. The van der Waals surface area contributed by atoms with Gasteiger partial charge in [0.05, 0.1) is 22.7 Å². The smallest absolute Gasteiger partial charge is 0.376 e. The van der Waals surface area contributed by atoms with Crippen LogP contribution < -0.4 is 25.6 Å². The molecular formula is C46H33BN2O2. The Balaban J connectivity index is 1.32. The third kappa shape index (κ3) is 3.92. The highest BCUT2D eigenvalue weighted by Crippen LogP contribution is 2.57. The van der Waals surface area contributed by atoms with Gasteiger partial charge in [-0.3, -0.25) is 0 Å². The van der Waals surface area contributed by atoms with Crippen LogP contribution in [0.25, 0.3) is 44.0 Å². The van der Waals surface area contributed by atoms with E-state index in [9.17, 15) is 0 Å². The Labute approximate surface area is 297 Å². The first kappa shape index (κ1) is 28.6. The fraction of sp³-hybridized carbons (Fsp3) is 0.0870. The molecule has 0 fully saturated rings. The van der Waals surface area contributed by atoms with E-state index in [4.69, 9.17) is 9.15 Å². The number of hydrogen-bond acceptors (Lipinski definition) is 4. The van der Waals surface area contributed by atoms with Gasteiger partial charge in [0, 0.05) is 22.2 Å². The molecule has 51 heavy (non-hydrogen) atoms. The Morgan fingerprint density at radius 3 is 2.18 bits per heavy atom. The average Bonchev–Trinajstić information content (AvgIpc) is 3.54. The summed E-state index contributed by atoms with van der Waals surface area (Å²) in [5.74, 6) is 1.70. The van der Waals surface area contributed by atoms with Gasteiger partial charge >= 0.3 is 6.85 Å². The highest BCUT2D eigenvalue weighted by Gasteiger charge is 2.51. The summed E-state index contributed by atoms with van der Waals surface area (Å²) in [5, 5.41) is 3.51. The summed E-state index contributed by atoms with van der Waals surface area (Å²) >= 11 is 0. The van der Waals surface area contributed by atoms with Crippen molar-refractivity contribution in [3.63, 3.8) is 0 Å². The summed E-state index contributed by atoms with van der Waals surface area (Å²) in [5.41, 5.74) is 14.6. The molecule has 1 aromatic heterocycles. The lowest BCUT2D eigenvalue weighted by atomic mass is 9.45. The van der Waals surface area contributed by atoms with Gasteiger partial charge in [-0.05, 0) is 86.9 Å². The van der Waals surface area contributed by atoms with Crippen LogP contribution in [-0.2, 0) is 5.41 Å². The third-order valence-corrected chi connectivity index (χ3v) is 10.9. The standard InChI is InChI=1S/C46H33BN2O2/c1-46(2,3)30-24-25-35(34(27-30)28-14-5-4-6-15-28)48-37-26-29-16-7-8-17-31(29)41-33-19-13-23-40-43(33)49(36-20-10-12-22-39(36)50-40)47(42(37)41)45-44(48)32-18-9-11-21-38(32)51-45/h4-27H,1-3H3. The summed E-state index contributed by atoms with van der Waals surface area (Å²) in [6.45, 7) is 6.63. The first-order chi connectivity index (χ1) is 25.0. The predicted molar refractivity (Wildman–Crippen MR) is 212 cm³/mol. The monoisotopic (exact) mass is 656 g/mol. The molecule has 0 N–H and O–H groups in total. The first-order valence-electron chi connectivity index (χ1n) is 17.7. The normalized spacial score (nSPS) is 13.8. The Hall–Kier alpha value is -6.20. The minimum Gasteiger partial charge on any atom is -0.466 e. The lowest BCUT2D eigenvalue weighted by Crippen LogP contribution is -2.61. The Bertz CT molecular complexity index is 2740. The summed E-state index contributed by atoms with van der Waals surface area (Å²) in [6.07, 6.45) is 0. The summed E-state index contributed by atoms with van der Waals surface area (Å²) < 4.78 is 13.8. The van der Waals surface area contributed by atoms with Crippen LogP contribution in [0.4, 0.5) is 28.4 Å². The molecule has 242 valence electrons. The number of fused-ring (bicyclic) bond motifs is 10. The first-order valence-corrected chi connectivity index (χ1v) is 17.7. The fourth-order valence-electron chi connectivity index (χ4n) is 8.67. The lowest BCUT2D eigenvalue weighted by molar-refractivity contribution is 0.478. The molecule has 4 nitrogen and oxygen atoms in total. The van der Waals surface area contributed by atoms with Gasteiger partial charge in [-0.2, -0.15) is 0 Å². The second-order valence-corrected chi connectivity index (χ2v) is 14.9. The van der Waals surface area contributed by atoms with Crippen molar-refractivity contribution in [2.45, 2.75) is 26.2 Å². The Morgan fingerprint density at radius 1 is 0.569 bits per heavy atom. The Kier molecular flexibility index (Phi) is 5.71. The SMILES string of the molecule is CC(C)(C)c1ccc(N2c3cc4ccccc4c4c3B(c3oc5ccccc5c32)N2c3ccccc3Oc3cccc-4c32)c(-c2ccccc2)c1. The number of anilines is 5. The molecule has 0 bridgehead atoms. The predicted octanol–water partition coefficient (Wildman–Crippen LogP) is 11.4. The molecular weight excluding hydrogens is 623 g/mol. The van der Waals surface area contributed by atoms with Crippen molar-refractivity contribution in [1.29, 1.82) is 0 Å². The number of ether oxygens (including phenoxy) is 1. The molecule has 0 unspecified atom stereocenters. The highest BCUT2D eigenvalue weighted by molar-refractivity contribution is 6.93. The van der Waals surface area contributed by atoms with Gasteiger partial charge < -0.3 is 18.9 Å². The molecule has 11 rings (SSSR count). The number of nitrogens with zero attached hydrogens (tertiary/aromatic N) is 2. The van der Waals surface area contributed by atoms with Crippen LogP contribution in [0.15, 0.2) is 150 Å². The molecule has 7 aromatic carbocycles. The quantitative estimate of drug-likeness (QED) is 0.173. The number of hydrogen-bond donors (Lipinski definition) is 0. The van der Waals surface area contributed by atoms with Gasteiger partial charge in [-0.15, -0.1) is 0 Å². The molecule has 4 heterocycles. The molecule has 0 aliphatic carbocycles. The Morgan fingerprint density at radius 2 is 1.31 bits per heavy atom. The zero-order chi connectivity index (χ0) is 34.0. The van der Waals surface area contributed by atoms with Gasteiger partial charge in [0.1, 0.15) is 17.0 Å². The van der Waals surface area contributed by atoms with Crippen LogP contribution in [0, 0.1) is 0 Å². The molecule has 0 saturated heterocycles. The van der Waals surface area contributed by atoms with Crippen LogP contribution >= 0.6 is 0 Å². The molecule has 0 amide bonds. The van der Waals surface area contributed by atoms with Crippen molar-refractivity contribution >= 4 is 68.1 Å². The van der Waals surface area contributed by atoms with E-state index in [1.807, 2.05) is 6.07 Å². The van der Waals surface area contributed by atoms with E-state index in [1.54, 1.807) is 0 Å². The van der Waals surface area contributed by atoms with Crippen molar-refractivity contribution < 1.29 is 9.15 Å². The van der Waals surface area contributed by atoms with E-state index < -0.39 is 0 Å². The van der Waals surface area contributed by atoms with Gasteiger partial charge in [0.2, 0.25) is 0 Å². The molecule has 0 spiro atoms. The van der Waals surface area contributed by atoms with Crippen molar-refractivity contribution in [2.75, 3.05) is 9.71 Å². The van der Waals surface area contributed by atoms with Gasteiger partial charge in [-0.25, -0.2) is 0 Å². The van der Waals surface area contributed by atoms with E-state index in [0.717, 1.165) is 62.1 Å². The summed E-state index contributed by atoms with van der Waals surface area (Å²) in [7, 11) is 0. The third-order valence-electron chi connectivity index (χ3n) is 10.9. The molecule has 8 aromatic rings. The number of benzene rings is 7. The number of rotatable bonds is 2. The van der Waals surface area contributed by atoms with Crippen LogP contribution in [0.5, 0.6) is 11.5 Å². The molecule has 0 radical (unpaired) electrons. The van der Waals surface area contributed by atoms with E-state index >= 15 is 0 Å². The molecule has 5 heteroatoms. The molecule has 3 aliphatic rings. The molecule has 0 atom stereocenters. The van der Waals surface area contributed by atoms with E-state index in [-0.39, 0.29) is 12.3 Å². The second kappa shape index (κ2) is 10.2. The van der Waals surface area contributed by atoms with Crippen LogP contribution in [0.2, 0.25) is 0 Å². The summed E-state index contributed by atoms with van der Waals surface area (Å²) in [4.78, 5) is 4.97. The molecule has 0 saturated carbocycles. The van der Waals surface area contributed by atoms with Gasteiger partial charge in [0.25, 0.3) is 0 Å². The second-order valence-electron chi connectivity index (χ2n) is 14.9. The number of para-hydroxylation sites is 4. The van der Waals surface area contributed by atoms with Crippen molar-refractivity contribution in [3.8, 4) is 33.8 Å². The summed E-state index contributed by atoms with van der Waals surface area (Å²) in [6, 6.07) is 52.4. The maximum atomic E-state index is 7.13. The zero-order valence-corrected chi connectivity index (χ0v) is 28.6. The van der Waals surface area contributed by atoms with Crippen molar-refractivity contribution in [1.82, 2.24) is 0 Å². The van der Waals surface area contributed by atoms with E-state index in [1.165, 1.54) is 38.5 Å². The maximum Gasteiger partial charge on any atom is 0.376 e. The van der Waals surface area contributed by atoms with Crippen molar-refractivity contribution in [2.24, 2.45) is 0 Å².